The van der Waals surface area contributed by atoms with E-state index in [2.05, 4.69) is 10.4 Å². The molecule has 2 aliphatic carbocycles. The van der Waals surface area contributed by atoms with Crippen molar-refractivity contribution in [3.8, 4) is 5.88 Å². The molecular weight excluding hydrogens is 516 g/mol. The van der Waals surface area contributed by atoms with Crippen molar-refractivity contribution in [1.82, 2.24) is 24.9 Å². The van der Waals surface area contributed by atoms with Crippen molar-refractivity contribution in [2.24, 2.45) is 5.73 Å². The summed E-state index contributed by atoms with van der Waals surface area (Å²) in [5.41, 5.74) is 6.31. The summed E-state index contributed by atoms with van der Waals surface area (Å²) in [6.07, 6.45) is 3.27. The molecular formula is C28H40N6O6. The van der Waals surface area contributed by atoms with Gasteiger partial charge in [-0.2, -0.15) is 5.10 Å². The first kappa shape index (κ1) is 29.3. The lowest BCUT2D eigenvalue weighted by Gasteiger charge is -2.24. The average molecular weight is 557 g/mol. The maximum Gasteiger partial charge on any atom is 0.409 e. The van der Waals surface area contributed by atoms with E-state index in [1.165, 1.54) is 4.90 Å². The molecule has 0 radical (unpaired) electrons. The van der Waals surface area contributed by atoms with Gasteiger partial charge in [-0.15, -0.1) is 4.68 Å². The van der Waals surface area contributed by atoms with Crippen LogP contribution in [-0.4, -0.2) is 87.7 Å². The Morgan fingerprint density at radius 1 is 1.12 bits per heavy atom. The molecule has 12 nitrogen and oxygen atoms in total. The zero-order valence-electron chi connectivity index (χ0n) is 23.6. The Morgan fingerprint density at radius 3 is 2.35 bits per heavy atom. The van der Waals surface area contributed by atoms with Gasteiger partial charge >= 0.3 is 12.1 Å². The average Bonchev–Trinajstić information content (AvgIpc) is 3.85. The summed E-state index contributed by atoms with van der Waals surface area (Å²) in [6, 6.07) is 8.48. The zero-order chi connectivity index (χ0) is 29.0. The molecule has 1 aromatic heterocycles. The Kier molecular flexibility index (Phi) is 8.99. The molecule has 0 saturated heterocycles. The van der Waals surface area contributed by atoms with Gasteiger partial charge in [-0.1, -0.05) is 30.3 Å². The van der Waals surface area contributed by atoms with Crippen LogP contribution in [0.15, 0.2) is 30.3 Å². The predicted octanol–water partition coefficient (Wildman–Crippen LogP) is 2.54. The zero-order valence-corrected chi connectivity index (χ0v) is 23.6. The topological polar surface area (TPSA) is 152 Å². The fraction of sp³-hybridized carbons (Fsp3) is 0.571. The summed E-state index contributed by atoms with van der Waals surface area (Å²) in [5.74, 6) is -0.826. The van der Waals surface area contributed by atoms with Gasteiger partial charge < -0.3 is 35.4 Å². The molecule has 12 heteroatoms. The number of nitrogens with two attached hydrogens (primary N) is 1. The number of carbonyl (C=O) groups is 3. The molecule has 0 spiro atoms. The van der Waals surface area contributed by atoms with Crippen molar-refractivity contribution in [2.75, 3.05) is 27.3 Å². The molecule has 0 aliphatic heterocycles. The number of ether oxygens (including phenoxy) is 2. The van der Waals surface area contributed by atoms with Gasteiger partial charge in [0.15, 0.2) is 0 Å². The molecule has 218 valence electrons. The lowest BCUT2D eigenvalue weighted by Crippen LogP contribution is -2.50. The second-order valence-electron chi connectivity index (χ2n) is 11.2. The second-order valence-corrected chi connectivity index (χ2v) is 11.2. The van der Waals surface area contributed by atoms with E-state index < -0.39 is 29.6 Å². The number of amides is 3. The summed E-state index contributed by atoms with van der Waals surface area (Å²) in [6.45, 7) is 3.37. The number of aromatic hydroxyl groups is 1. The van der Waals surface area contributed by atoms with Crippen LogP contribution in [0.4, 0.5) is 9.59 Å². The van der Waals surface area contributed by atoms with Gasteiger partial charge in [0.1, 0.15) is 0 Å². The van der Waals surface area contributed by atoms with Crippen molar-refractivity contribution in [3.63, 3.8) is 0 Å². The molecule has 2 saturated carbocycles. The Morgan fingerprint density at radius 2 is 1.75 bits per heavy atom. The molecule has 2 aromatic rings. The highest BCUT2D eigenvalue weighted by Crippen LogP contribution is 2.31. The van der Waals surface area contributed by atoms with Crippen molar-refractivity contribution < 1.29 is 29.0 Å². The molecule has 4 rings (SSSR count). The molecule has 0 unspecified atom stereocenters. The van der Waals surface area contributed by atoms with E-state index in [1.807, 2.05) is 30.3 Å². The van der Waals surface area contributed by atoms with Gasteiger partial charge in [-0.05, 0) is 45.1 Å². The normalized spacial score (nSPS) is 15.8. The van der Waals surface area contributed by atoms with Crippen molar-refractivity contribution >= 4 is 18.0 Å². The molecule has 1 heterocycles. The Balaban J connectivity index is 1.59. The van der Waals surface area contributed by atoms with Crippen molar-refractivity contribution in [1.29, 1.82) is 0 Å². The number of hydrogen-bond acceptors (Lipinski definition) is 8. The lowest BCUT2D eigenvalue weighted by atomic mass is 10.0. The highest BCUT2D eigenvalue weighted by molar-refractivity contribution is 5.85. The number of aromatic nitrogens is 2. The van der Waals surface area contributed by atoms with E-state index in [-0.39, 0.29) is 55.5 Å². The SMILES string of the molecule is CN(C(=O)OCCc1c([C@H](COCc2ccccc2)NC(=O)C(C)(C)N)nn(C(=O)N(C)C2CC2)c1O)C1CC1. The van der Waals surface area contributed by atoms with E-state index >= 15 is 0 Å². The fourth-order valence-electron chi connectivity index (χ4n) is 4.23. The highest BCUT2D eigenvalue weighted by Gasteiger charge is 2.36. The summed E-state index contributed by atoms with van der Waals surface area (Å²) >= 11 is 0. The van der Waals surface area contributed by atoms with Crippen LogP contribution < -0.4 is 11.1 Å². The quantitative estimate of drug-likeness (QED) is 0.361. The van der Waals surface area contributed by atoms with Gasteiger partial charge in [-0.3, -0.25) is 4.79 Å². The van der Waals surface area contributed by atoms with E-state index in [9.17, 15) is 19.5 Å². The number of carbonyl (C=O) groups excluding carboxylic acids is 3. The minimum atomic E-state index is -1.20. The van der Waals surface area contributed by atoms with Crippen LogP contribution in [-0.2, 0) is 27.3 Å². The van der Waals surface area contributed by atoms with Gasteiger partial charge in [0.2, 0.25) is 11.8 Å². The summed E-state index contributed by atoms with van der Waals surface area (Å²) in [7, 11) is 3.35. The van der Waals surface area contributed by atoms with Crippen LogP contribution in [0.5, 0.6) is 5.88 Å². The van der Waals surface area contributed by atoms with Crippen LogP contribution in [0.2, 0.25) is 0 Å². The molecule has 2 fully saturated rings. The molecule has 1 atom stereocenters. The number of hydrogen-bond donors (Lipinski definition) is 3. The summed E-state index contributed by atoms with van der Waals surface area (Å²) in [4.78, 5) is 41.6. The van der Waals surface area contributed by atoms with E-state index in [0.29, 0.717) is 0 Å². The van der Waals surface area contributed by atoms with Gasteiger partial charge in [0, 0.05) is 38.2 Å². The number of nitrogens with one attached hydrogen (secondary N) is 1. The van der Waals surface area contributed by atoms with Gasteiger partial charge in [0.25, 0.3) is 0 Å². The summed E-state index contributed by atoms with van der Waals surface area (Å²) in [5, 5.41) is 18.5. The van der Waals surface area contributed by atoms with Gasteiger partial charge in [0.05, 0.1) is 37.1 Å². The van der Waals surface area contributed by atoms with Crippen molar-refractivity contribution in [3.05, 3.63) is 47.2 Å². The molecule has 4 N–H and O–H groups in total. The van der Waals surface area contributed by atoms with Gasteiger partial charge in [-0.25, -0.2) is 9.59 Å². The van der Waals surface area contributed by atoms with Crippen LogP contribution >= 0.6 is 0 Å². The number of benzene rings is 1. The largest absolute Gasteiger partial charge is 0.493 e. The van der Waals surface area contributed by atoms with Crippen LogP contribution in [0, 0.1) is 0 Å². The lowest BCUT2D eigenvalue weighted by molar-refractivity contribution is -0.126. The third-order valence-electron chi connectivity index (χ3n) is 7.14. The Hall–Kier alpha value is -3.64. The first-order valence-electron chi connectivity index (χ1n) is 13.7. The maximum absolute atomic E-state index is 13.2. The van der Waals surface area contributed by atoms with Crippen LogP contribution in [0.1, 0.15) is 62.4 Å². The number of nitrogens with zero attached hydrogens (tertiary/aromatic N) is 4. The summed E-state index contributed by atoms with van der Waals surface area (Å²) < 4.78 is 12.3. The first-order valence-corrected chi connectivity index (χ1v) is 13.7. The minimum Gasteiger partial charge on any atom is -0.493 e. The Bertz CT molecular complexity index is 1200. The minimum absolute atomic E-state index is 0.00295. The van der Waals surface area contributed by atoms with E-state index in [4.69, 9.17) is 15.2 Å². The molecule has 1 aromatic carbocycles. The molecule has 40 heavy (non-hydrogen) atoms. The fourth-order valence-corrected chi connectivity index (χ4v) is 4.23. The van der Waals surface area contributed by atoms with E-state index in [1.54, 1.807) is 32.8 Å². The van der Waals surface area contributed by atoms with Crippen molar-refractivity contribution in [2.45, 2.75) is 76.2 Å². The smallest absolute Gasteiger partial charge is 0.409 e. The molecule has 2 aliphatic rings. The number of rotatable bonds is 12. The second kappa shape index (κ2) is 12.3. The maximum atomic E-state index is 13.2. The standard InChI is InChI=1S/C28H40N6O6/c1-28(2,29)25(36)30-22(17-39-16-18-8-6-5-7-9-18)23-21(14-15-40-27(38)33(4)20-12-13-20)24(35)34(31-23)26(37)32(3)19-10-11-19/h5-9,19-20,22,35H,10-17,29H2,1-4H3,(H,30,36)/t22-/m0/s1. The predicted molar refractivity (Wildman–Crippen MR) is 147 cm³/mol. The van der Waals surface area contributed by atoms with Crippen LogP contribution in [0.3, 0.4) is 0 Å². The third-order valence-corrected chi connectivity index (χ3v) is 7.14. The van der Waals surface area contributed by atoms with Crippen LogP contribution in [0.25, 0.3) is 0 Å². The van der Waals surface area contributed by atoms with E-state index in [0.717, 1.165) is 35.9 Å². The Labute approximate surface area is 234 Å². The molecule has 0 bridgehead atoms. The third kappa shape index (κ3) is 7.30. The molecule has 3 amide bonds. The highest BCUT2D eigenvalue weighted by atomic mass is 16.6. The monoisotopic (exact) mass is 556 g/mol. The first-order chi connectivity index (χ1) is 19.0.